The van der Waals surface area contributed by atoms with Gasteiger partial charge in [-0.3, -0.25) is 5.32 Å². The molecule has 0 fully saturated rings. The zero-order valence-corrected chi connectivity index (χ0v) is 18.7. The number of amides is 1. The third-order valence-electron chi connectivity index (χ3n) is 4.57. The Kier molecular flexibility index (Phi) is 7.76. The smallest absolute Gasteiger partial charge is 0.412 e. The monoisotopic (exact) mass is 436 g/mol. The van der Waals surface area contributed by atoms with Gasteiger partial charge in [0.15, 0.2) is 0 Å². The van der Waals surface area contributed by atoms with Crippen LogP contribution < -0.4 is 5.32 Å². The molecular weight excluding hydrogens is 407 g/mol. The van der Waals surface area contributed by atoms with Gasteiger partial charge < -0.3 is 4.74 Å². The summed E-state index contributed by atoms with van der Waals surface area (Å²) >= 11 is 0. The predicted molar refractivity (Wildman–Crippen MR) is 125 cm³/mol. The van der Waals surface area contributed by atoms with Crippen LogP contribution in [0, 0.1) is 0 Å². The molecule has 0 saturated carbocycles. The molecule has 1 heterocycles. The van der Waals surface area contributed by atoms with Gasteiger partial charge in [-0.15, -0.1) is 5.10 Å². The standard InChI is InChI=1S/C25H29FN4O2/c1-25(2,3)32-24(31)27-22-13-10-21(11-14-22)9-6-19-4-7-20(8-5-19)12-15-23-18-30(17-16-26)29-28-23/h4-11,13-14,18H,12,15-17H2,1-3H3,(H,27,31)/b9-6+. The highest BCUT2D eigenvalue weighted by molar-refractivity contribution is 5.85. The maximum atomic E-state index is 12.3. The summed E-state index contributed by atoms with van der Waals surface area (Å²) in [6.07, 6.45) is 7.02. The van der Waals surface area contributed by atoms with Crippen LogP contribution in [0.2, 0.25) is 0 Å². The number of carbonyl (C=O) groups is 1. The zero-order chi connectivity index (χ0) is 23.0. The normalized spacial score (nSPS) is 11.6. The molecule has 1 N–H and O–H groups in total. The Bertz CT molecular complexity index is 1040. The number of nitrogens with zero attached hydrogens (tertiary/aromatic N) is 3. The highest BCUT2D eigenvalue weighted by Crippen LogP contribution is 2.15. The average molecular weight is 437 g/mol. The lowest BCUT2D eigenvalue weighted by atomic mass is 10.1. The van der Waals surface area contributed by atoms with Crippen molar-refractivity contribution in [3.05, 3.63) is 77.1 Å². The van der Waals surface area contributed by atoms with Gasteiger partial charge in [-0.2, -0.15) is 0 Å². The topological polar surface area (TPSA) is 69.0 Å². The number of alkyl halides is 1. The van der Waals surface area contributed by atoms with Gasteiger partial charge in [0, 0.05) is 11.9 Å². The fourth-order valence-corrected chi connectivity index (χ4v) is 3.01. The third kappa shape index (κ3) is 7.65. The Morgan fingerprint density at radius 2 is 1.66 bits per heavy atom. The van der Waals surface area contributed by atoms with Crippen LogP contribution in [0.3, 0.4) is 0 Å². The number of aryl methyl sites for hydroxylation is 3. The van der Waals surface area contributed by atoms with Crippen molar-refractivity contribution in [2.24, 2.45) is 0 Å². The predicted octanol–water partition coefficient (Wildman–Crippen LogP) is 5.55. The molecule has 32 heavy (non-hydrogen) atoms. The molecule has 1 amide bonds. The first-order valence-electron chi connectivity index (χ1n) is 10.6. The fraction of sp³-hybridized carbons (Fsp3) is 0.320. The van der Waals surface area contributed by atoms with E-state index in [4.69, 9.17) is 4.74 Å². The number of benzene rings is 2. The van der Waals surface area contributed by atoms with E-state index in [-0.39, 0.29) is 6.54 Å². The molecule has 0 aliphatic rings. The number of nitrogens with one attached hydrogen (secondary N) is 1. The Morgan fingerprint density at radius 3 is 2.25 bits per heavy atom. The quantitative estimate of drug-likeness (QED) is 0.470. The summed E-state index contributed by atoms with van der Waals surface area (Å²) in [6, 6.07) is 15.9. The van der Waals surface area contributed by atoms with E-state index in [0.29, 0.717) is 5.69 Å². The van der Waals surface area contributed by atoms with Crippen LogP contribution in [-0.2, 0) is 24.1 Å². The first-order valence-corrected chi connectivity index (χ1v) is 10.6. The van der Waals surface area contributed by atoms with Crippen LogP contribution >= 0.6 is 0 Å². The van der Waals surface area contributed by atoms with Crippen LogP contribution in [-0.4, -0.2) is 33.4 Å². The summed E-state index contributed by atoms with van der Waals surface area (Å²) in [4.78, 5) is 11.8. The number of carbonyl (C=O) groups excluding carboxylic acids is 1. The average Bonchev–Trinajstić information content (AvgIpc) is 3.19. The van der Waals surface area contributed by atoms with E-state index < -0.39 is 18.4 Å². The second-order valence-electron chi connectivity index (χ2n) is 8.49. The van der Waals surface area contributed by atoms with Gasteiger partial charge in [0.05, 0.1) is 12.2 Å². The number of hydrogen-bond donors (Lipinski definition) is 1. The van der Waals surface area contributed by atoms with Crippen LogP contribution in [0.15, 0.2) is 54.7 Å². The molecule has 1 aromatic heterocycles. The van der Waals surface area contributed by atoms with Crippen molar-refractivity contribution in [2.75, 3.05) is 12.0 Å². The molecule has 6 nitrogen and oxygen atoms in total. The van der Waals surface area contributed by atoms with E-state index in [9.17, 15) is 9.18 Å². The van der Waals surface area contributed by atoms with Crippen LogP contribution in [0.4, 0.5) is 14.9 Å². The van der Waals surface area contributed by atoms with E-state index in [1.165, 1.54) is 10.2 Å². The van der Waals surface area contributed by atoms with E-state index in [0.717, 1.165) is 29.7 Å². The van der Waals surface area contributed by atoms with Crippen molar-refractivity contribution in [2.45, 2.75) is 45.8 Å². The van der Waals surface area contributed by atoms with Gasteiger partial charge in [-0.1, -0.05) is 53.8 Å². The first-order chi connectivity index (χ1) is 15.3. The summed E-state index contributed by atoms with van der Waals surface area (Å²) in [7, 11) is 0. The molecule has 2 aromatic carbocycles. The van der Waals surface area contributed by atoms with Crippen LogP contribution in [0.25, 0.3) is 12.2 Å². The van der Waals surface area contributed by atoms with Crippen LogP contribution in [0.1, 0.15) is 43.2 Å². The van der Waals surface area contributed by atoms with E-state index in [2.05, 4.69) is 39.9 Å². The van der Waals surface area contributed by atoms with Gasteiger partial charge >= 0.3 is 6.09 Å². The molecule has 0 radical (unpaired) electrons. The fourth-order valence-electron chi connectivity index (χ4n) is 3.01. The molecular formula is C25H29FN4O2. The number of aromatic nitrogens is 3. The minimum atomic E-state index is -0.529. The SMILES string of the molecule is CC(C)(C)OC(=O)Nc1ccc(/C=C/c2ccc(CCc3cn(CCF)nn3)cc2)cc1. The Labute approximate surface area is 188 Å². The Morgan fingerprint density at radius 1 is 1.03 bits per heavy atom. The van der Waals surface area contributed by atoms with Gasteiger partial charge in [0.1, 0.15) is 12.3 Å². The number of rotatable bonds is 8. The van der Waals surface area contributed by atoms with Gasteiger partial charge in [-0.25, -0.2) is 13.9 Å². The molecule has 0 saturated heterocycles. The maximum Gasteiger partial charge on any atom is 0.412 e. The highest BCUT2D eigenvalue weighted by Gasteiger charge is 2.15. The van der Waals surface area contributed by atoms with Crippen molar-refractivity contribution < 1.29 is 13.9 Å². The first kappa shape index (κ1) is 23.2. The van der Waals surface area contributed by atoms with Crippen molar-refractivity contribution in [1.82, 2.24) is 15.0 Å². The minimum absolute atomic E-state index is 0.247. The van der Waals surface area contributed by atoms with Crippen molar-refractivity contribution >= 4 is 23.9 Å². The molecule has 3 rings (SSSR count). The second kappa shape index (κ2) is 10.7. The zero-order valence-electron chi connectivity index (χ0n) is 18.7. The van der Waals surface area contributed by atoms with Gasteiger partial charge in [0.2, 0.25) is 0 Å². The molecule has 0 atom stereocenters. The molecule has 7 heteroatoms. The van der Waals surface area contributed by atoms with Gasteiger partial charge in [0.25, 0.3) is 0 Å². The molecule has 3 aromatic rings. The highest BCUT2D eigenvalue weighted by atomic mass is 19.1. The summed E-state index contributed by atoms with van der Waals surface area (Å²) in [5, 5.41) is 10.7. The molecule has 0 aliphatic heterocycles. The van der Waals surface area contributed by atoms with Crippen molar-refractivity contribution in [3.8, 4) is 0 Å². The largest absolute Gasteiger partial charge is 0.444 e. The summed E-state index contributed by atoms with van der Waals surface area (Å²) in [6.45, 7) is 5.29. The van der Waals surface area contributed by atoms with Crippen molar-refractivity contribution in [1.29, 1.82) is 0 Å². The Balaban J connectivity index is 1.50. The van der Waals surface area contributed by atoms with E-state index in [1.807, 2.05) is 57.2 Å². The van der Waals surface area contributed by atoms with Crippen LogP contribution in [0.5, 0.6) is 0 Å². The van der Waals surface area contributed by atoms with Gasteiger partial charge in [-0.05, 0) is 62.4 Å². The summed E-state index contributed by atoms with van der Waals surface area (Å²) < 4.78 is 19.1. The Hall–Kier alpha value is -3.48. The van der Waals surface area contributed by atoms with E-state index >= 15 is 0 Å². The number of hydrogen-bond acceptors (Lipinski definition) is 4. The third-order valence-corrected chi connectivity index (χ3v) is 4.57. The second-order valence-corrected chi connectivity index (χ2v) is 8.49. The maximum absolute atomic E-state index is 12.3. The molecule has 0 unspecified atom stereocenters. The lowest BCUT2D eigenvalue weighted by molar-refractivity contribution is 0.0636. The minimum Gasteiger partial charge on any atom is -0.444 e. The molecule has 0 spiro atoms. The summed E-state index contributed by atoms with van der Waals surface area (Å²) in [5.41, 5.74) is 4.36. The number of ether oxygens (including phenoxy) is 1. The van der Waals surface area contributed by atoms with Crippen molar-refractivity contribution in [3.63, 3.8) is 0 Å². The molecule has 0 bridgehead atoms. The molecule has 168 valence electrons. The number of anilines is 1. The lowest BCUT2D eigenvalue weighted by Gasteiger charge is -2.19. The number of halogens is 1. The summed E-state index contributed by atoms with van der Waals surface area (Å²) in [5.74, 6) is 0. The molecule has 0 aliphatic carbocycles. The van der Waals surface area contributed by atoms with E-state index in [1.54, 1.807) is 6.20 Å². The lowest BCUT2D eigenvalue weighted by Crippen LogP contribution is -2.27.